The van der Waals surface area contributed by atoms with Gasteiger partial charge in [0.2, 0.25) is 5.91 Å². The van der Waals surface area contributed by atoms with E-state index in [2.05, 4.69) is 0 Å². The maximum absolute atomic E-state index is 12.5. The van der Waals surface area contributed by atoms with Gasteiger partial charge in [0.25, 0.3) is 0 Å². The third kappa shape index (κ3) is 3.86. The standard InChI is InChI=1S/C22H24N4O3/c1-28-13-12-25-15-17(14-20(25)27)22-23-21(16-8-4-3-5-9-16)24-26(22)18-10-6-7-11-19(18)29-2/h3-11,17H,12-15H2,1-2H3. The highest BCUT2D eigenvalue weighted by molar-refractivity contribution is 5.79. The molecule has 150 valence electrons. The molecule has 1 fully saturated rings. The molecule has 1 atom stereocenters. The molecule has 3 aromatic rings. The molecule has 29 heavy (non-hydrogen) atoms. The summed E-state index contributed by atoms with van der Waals surface area (Å²) in [4.78, 5) is 19.2. The monoisotopic (exact) mass is 392 g/mol. The van der Waals surface area contributed by atoms with E-state index in [1.807, 2.05) is 64.2 Å². The Kier molecular flexibility index (Phi) is 5.57. The number of carbonyl (C=O) groups is 1. The molecule has 0 aliphatic carbocycles. The summed E-state index contributed by atoms with van der Waals surface area (Å²) in [6.45, 7) is 1.71. The lowest BCUT2D eigenvalue weighted by Crippen LogP contribution is -2.28. The summed E-state index contributed by atoms with van der Waals surface area (Å²) in [6, 6.07) is 17.6. The molecular weight excluding hydrogens is 368 g/mol. The lowest BCUT2D eigenvalue weighted by Gasteiger charge is -2.16. The minimum Gasteiger partial charge on any atom is -0.494 e. The van der Waals surface area contributed by atoms with Gasteiger partial charge in [-0.2, -0.15) is 0 Å². The number of benzene rings is 2. The molecule has 1 aromatic heterocycles. The van der Waals surface area contributed by atoms with Crippen molar-refractivity contribution in [2.24, 2.45) is 0 Å². The molecule has 4 rings (SSSR count). The molecule has 0 spiro atoms. The third-order valence-corrected chi connectivity index (χ3v) is 5.12. The summed E-state index contributed by atoms with van der Waals surface area (Å²) in [5.74, 6) is 2.17. The minimum absolute atomic E-state index is 0.0470. The summed E-state index contributed by atoms with van der Waals surface area (Å²) in [5, 5.41) is 4.79. The fourth-order valence-electron chi connectivity index (χ4n) is 3.64. The first-order chi connectivity index (χ1) is 14.2. The zero-order valence-electron chi connectivity index (χ0n) is 16.6. The fraction of sp³-hybridized carbons (Fsp3) is 0.318. The Morgan fingerprint density at radius 3 is 2.59 bits per heavy atom. The zero-order valence-corrected chi connectivity index (χ0v) is 16.6. The highest BCUT2D eigenvalue weighted by atomic mass is 16.5. The number of aromatic nitrogens is 3. The van der Waals surface area contributed by atoms with E-state index >= 15 is 0 Å². The van der Waals surface area contributed by atoms with Gasteiger partial charge in [0.05, 0.1) is 13.7 Å². The number of likely N-dealkylation sites (tertiary alicyclic amines) is 1. The number of amides is 1. The molecule has 2 heterocycles. The SMILES string of the molecule is COCCN1CC(c2nc(-c3ccccc3)nn2-c2ccccc2OC)CC1=O. The van der Waals surface area contributed by atoms with Crippen LogP contribution in [0.2, 0.25) is 0 Å². The normalized spacial score (nSPS) is 16.4. The number of carbonyl (C=O) groups excluding carboxylic acids is 1. The Morgan fingerprint density at radius 2 is 1.83 bits per heavy atom. The summed E-state index contributed by atoms with van der Waals surface area (Å²) < 4.78 is 12.5. The molecule has 1 amide bonds. The number of nitrogens with zero attached hydrogens (tertiary/aromatic N) is 4. The van der Waals surface area contributed by atoms with Crippen LogP contribution in [-0.2, 0) is 9.53 Å². The molecule has 1 aliphatic rings. The number of rotatable bonds is 7. The van der Waals surface area contributed by atoms with Crippen molar-refractivity contribution >= 4 is 5.91 Å². The van der Waals surface area contributed by atoms with E-state index in [-0.39, 0.29) is 11.8 Å². The molecule has 2 aromatic carbocycles. The number of hydrogen-bond acceptors (Lipinski definition) is 5. The number of ether oxygens (including phenoxy) is 2. The number of hydrogen-bond donors (Lipinski definition) is 0. The quantitative estimate of drug-likeness (QED) is 0.618. The Hall–Kier alpha value is -3.19. The van der Waals surface area contributed by atoms with Gasteiger partial charge in [0, 0.05) is 38.1 Å². The first-order valence-corrected chi connectivity index (χ1v) is 9.63. The van der Waals surface area contributed by atoms with Crippen LogP contribution < -0.4 is 4.74 Å². The topological polar surface area (TPSA) is 69.5 Å². The molecule has 7 nitrogen and oxygen atoms in total. The third-order valence-electron chi connectivity index (χ3n) is 5.12. The van der Waals surface area contributed by atoms with Crippen LogP contribution in [0.15, 0.2) is 54.6 Å². The molecule has 1 saturated heterocycles. The van der Waals surface area contributed by atoms with Crippen LogP contribution in [0.5, 0.6) is 5.75 Å². The molecular formula is C22H24N4O3. The second-order valence-corrected chi connectivity index (χ2v) is 6.98. The van der Waals surface area contributed by atoms with Crippen molar-refractivity contribution in [2.75, 3.05) is 33.9 Å². The van der Waals surface area contributed by atoms with Gasteiger partial charge in [-0.05, 0) is 12.1 Å². The van der Waals surface area contributed by atoms with Crippen molar-refractivity contribution in [1.29, 1.82) is 0 Å². The Balaban J connectivity index is 1.76. The number of para-hydroxylation sites is 2. The first-order valence-electron chi connectivity index (χ1n) is 9.63. The summed E-state index contributed by atoms with van der Waals surface area (Å²) in [5.41, 5.74) is 1.74. The van der Waals surface area contributed by atoms with Crippen LogP contribution in [0.25, 0.3) is 17.1 Å². The van der Waals surface area contributed by atoms with Gasteiger partial charge in [-0.1, -0.05) is 42.5 Å². The number of methoxy groups -OCH3 is 2. The Labute approximate surface area is 169 Å². The predicted octanol–water partition coefficient (Wildman–Crippen LogP) is 2.91. The van der Waals surface area contributed by atoms with E-state index in [1.165, 1.54) is 0 Å². The van der Waals surface area contributed by atoms with Crippen LogP contribution in [0, 0.1) is 0 Å². The largest absolute Gasteiger partial charge is 0.494 e. The fourth-order valence-corrected chi connectivity index (χ4v) is 3.64. The van der Waals surface area contributed by atoms with Crippen molar-refractivity contribution in [3.05, 3.63) is 60.4 Å². The molecule has 0 bridgehead atoms. The summed E-state index contributed by atoms with van der Waals surface area (Å²) >= 11 is 0. The van der Waals surface area contributed by atoms with E-state index in [0.717, 1.165) is 17.1 Å². The molecule has 1 aliphatic heterocycles. The lowest BCUT2D eigenvalue weighted by atomic mass is 10.1. The van der Waals surface area contributed by atoms with Crippen molar-refractivity contribution in [3.8, 4) is 22.8 Å². The van der Waals surface area contributed by atoms with Gasteiger partial charge >= 0.3 is 0 Å². The van der Waals surface area contributed by atoms with E-state index in [0.29, 0.717) is 37.7 Å². The van der Waals surface area contributed by atoms with Gasteiger partial charge in [0.15, 0.2) is 5.82 Å². The smallest absolute Gasteiger partial charge is 0.223 e. The van der Waals surface area contributed by atoms with Gasteiger partial charge in [-0.3, -0.25) is 4.79 Å². The second-order valence-electron chi connectivity index (χ2n) is 6.98. The van der Waals surface area contributed by atoms with Crippen molar-refractivity contribution in [1.82, 2.24) is 19.7 Å². The van der Waals surface area contributed by atoms with Crippen molar-refractivity contribution in [2.45, 2.75) is 12.3 Å². The molecule has 1 unspecified atom stereocenters. The first kappa shape index (κ1) is 19.1. The maximum Gasteiger partial charge on any atom is 0.223 e. The van der Waals surface area contributed by atoms with Crippen molar-refractivity contribution in [3.63, 3.8) is 0 Å². The van der Waals surface area contributed by atoms with Gasteiger partial charge in [-0.15, -0.1) is 5.10 Å². The minimum atomic E-state index is -0.0470. The Bertz CT molecular complexity index is 987. The highest BCUT2D eigenvalue weighted by Gasteiger charge is 2.34. The van der Waals surface area contributed by atoms with Crippen LogP contribution in [0.4, 0.5) is 0 Å². The molecule has 0 radical (unpaired) electrons. The molecule has 7 heteroatoms. The second kappa shape index (κ2) is 8.45. The van der Waals surface area contributed by atoms with Gasteiger partial charge in [0.1, 0.15) is 17.3 Å². The average Bonchev–Trinajstić information content (AvgIpc) is 3.36. The summed E-state index contributed by atoms with van der Waals surface area (Å²) in [6.07, 6.45) is 0.409. The van der Waals surface area contributed by atoms with Gasteiger partial charge in [-0.25, -0.2) is 9.67 Å². The molecule has 0 saturated carbocycles. The average molecular weight is 392 g/mol. The van der Waals surface area contributed by atoms with Crippen molar-refractivity contribution < 1.29 is 14.3 Å². The summed E-state index contributed by atoms with van der Waals surface area (Å²) in [7, 11) is 3.28. The van der Waals surface area contributed by atoms with Gasteiger partial charge < -0.3 is 14.4 Å². The lowest BCUT2D eigenvalue weighted by molar-refractivity contribution is -0.128. The molecule has 0 N–H and O–H groups in total. The Morgan fingerprint density at radius 1 is 1.07 bits per heavy atom. The van der Waals surface area contributed by atoms with Crippen LogP contribution in [-0.4, -0.2) is 59.5 Å². The van der Waals surface area contributed by atoms with Crippen LogP contribution in [0.3, 0.4) is 0 Å². The van der Waals surface area contributed by atoms with E-state index in [4.69, 9.17) is 19.6 Å². The van der Waals surface area contributed by atoms with Crippen LogP contribution in [0.1, 0.15) is 18.2 Å². The zero-order chi connectivity index (χ0) is 20.2. The van der Waals surface area contributed by atoms with E-state index in [1.54, 1.807) is 14.2 Å². The van der Waals surface area contributed by atoms with E-state index in [9.17, 15) is 4.79 Å². The predicted molar refractivity (Wildman–Crippen MR) is 109 cm³/mol. The maximum atomic E-state index is 12.5. The van der Waals surface area contributed by atoms with E-state index < -0.39 is 0 Å². The highest BCUT2D eigenvalue weighted by Crippen LogP contribution is 2.32. The van der Waals surface area contributed by atoms with Crippen LogP contribution >= 0.6 is 0 Å².